The van der Waals surface area contributed by atoms with Crippen molar-refractivity contribution in [2.75, 3.05) is 13.1 Å². The van der Waals surface area contributed by atoms with Crippen LogP contribution in [-0.2, 0) is 0 Å². The van der Waals surface area contributed by atoms with Crippen LogP contribution in [0.3, 0.4) is 0 Å². The molecule has 2 heterocycles. The lowest BCUT2D eigenvalue weighted by Gasteiger charge is -2.22. The minimum Gasteiger partial charge on any atom is -0.317 e. The van der Waals surface area contributed by atoms with Gasteiger partial charge in [-0.25, -0.2) is 9.37 Å². The van der Waals surface area contributed by atoms with Gasteiger partial charge in [-0.3, -0.25) is 4.79 Å². The molecule has 0 spiro atoms. The highest BCUT2D eigenvalue weighted by Gasteiger charge is 2.19. The minimum absolute atomic E-state index is 0.145. The third-order valence-electron chi connectivity index (χ3n) is 3.72. The van der Waals surface area contributed by atoms with Crippen LogP contribution in [0.5, 0.6) is 0 Å². The number of nitrogens with one attached hydrogen (secondary N) is 2. The normalized spacial score (nSPS) is 16.1. The molecule has 110 valence electrons. The van der Waals surface area contributed by atoms with Crippen LogP contribution in [0.2, 0.25) is 5.02 Å². The summed E-state index contributed by atoms with van der Waals surface area (Å²) in [6, 6.07) is 5.90. The molecule has 2 aromatic rings. The van der Waals surface area contributed by atoms with Gasteiger partial charge in [0.15, 0.2) is 0 Å². The molecular formula is C15H15ClFN3O. The molecule has 1 aliphatic heterocycles. The van der Waals surface area contributed by atoms with Gasteiger partial charge in [-0.1, -0.05) is 17.7 Å². The SMILES string of the molecule is O=c1cc(C2CCNCC2)nc(-c2c(F)cccc2Cl)[nH]1. The van der Waals surface area contributed by atoms with E-state index in [9.17, 15) is 9.18 Å². The van der Waals surface area contributed by atoms with Crippen molar-refractivity contribution in [3.8, 4) is 11.4 Å². The second-order valence-electron chi connectivity index (χ2n) is 5.14. The largest absolute Gasteiger partial charge is 0.317 e. The Balaban J connectivity index is 2.07. The van der Waals surface area contributed by atoms with Gasteiger partial charge in [0.2, 0.25) is 0 Å². The van der Waals surface area contributed by atoms with Gasteiger partial charge in [0.05, 0.1) is 16.3 Å². The number of H-pyrrole nitrogens is 1. The van der Waals surface area contributed by atoms with Crippen LogP contribution in [-0.4, -0.2) is 23.1 Å². The third kappa shape index (κ3) is 2.99. The Labute approximate surface area is 126 Å². The lowest BCUT2D eigenvalue weighted by molar-refractivity contribution is 0.452. The van der Waals surface area contributed by atoms with Gasteiger partial charge in [-0.05, 0) is 38.1 Å². The molecule has 1 aliphatic rings. The molecule has 0 atom stereocenters. The van der Waals surface area contributed by atoms with Gasteiger partial charge in [0.25, 0.3) is 5.56 Å². The van der Waals surface area contributed by atoms with Crippen LogP contribution in [0.1, 0.15) is 24.5 Å². The fraction of sp³-hybridized carbons (Fsp3) is 0.333. The Kier molecular flexibility index (Phi) is 4.03. The molecule has 0 unspecified atom stereocenters. The Morgan fingerprint density at radius 1 is 1.29 bits per heavy atom. The van der Waals surface area contributed by atoms with E-state index in [-0.39, 0.29) is 27.9 Å². The number of benzene rings is 1. The average Bonchev–Trinajstić information content (AvgIpc) is 2.47. The van der Waals surface area contributed by atoms with Crippen molar-refractivity contribution in [2.24, 2.45) is 0 Å². The zero-order valence-electron chi connectivity index (χ0n) is 11.3. The van der Waals surface area contributed by atoms with Gasteiger partial charge in [-0.2, -0.15) is 0 Å². The lowest BCUT2D eigenvalue weighted by Crippen LogP contribution is -2.28. The molecular weight excluding hydrogens is 293 g/mol. The maximum Gasteiger partial charge on any atom is 0.251 e. The van der Waals surface area contributed by atoms with Gasteiger partial charge < -0.3 is 10.3 Å². The van der Waals surface area contributed by atoms with Crippen LogP contribution in [0.25, 0.3) is 11.4 Å². The Bertz CT molecular complexity index is 690. The van der Waals surface area contributed by atoms with Crippen molar-refractivity contribution in [1.29, 1.82) is 0 Å². The number of aromatic nitrogens is 2. The van der Waals surface area contributed by atoms with Crippen LogP contribution < -0.4 is 10.9 Å². The molecule has 3 rings (SSSR count). The number of rotatable bonds is 2. The number of halogens is 2. The number of aromatic amines is 1. The van der Waals surface area contributed by atoms with E-state index >= 15 is 0 Å². The molecule has 0 aliphatic carbocycles. The second-order valence-corrected chi connectivity index (χ2v) is 5.55. The molecule has 0 amide bonds. The number of piperidine rings is 1. The first-order valence-electron chi connectivity index (χ1n) is 6.91. The van der Waals surface area contributed by atoms with Crippen molar-refractivity contribution < 1.29 is 4.39 Å². The molecule has 1 aromatic heterocycles. The molecule has 1 aromatic carbocycles. The fourth-order valence-corrected chi connectivity index (χ4v) is 2.90. The summed E-state index contributed by atoms with van der Waals surface area (Å²) in [5, 5.41) is 3.51. The summed E-state index contributed by atoms with van der Waals surface area (Å²) < 4.78 is 14.0. The van der Waals surface area contributed by atoms with E-state index in [2.05, 4.69) is 15.3 Å². The van der Waals surface area contributed by atoms with E-state index in [0.29, 0.717) is 5.69 Å². The number of hydrogen-bond donors (Lipinski definition) is 2. The molecule has 0 bridgehead atoms. The van der Waals surface area contributed by atoms with Crippen LogP contribution >= 0.6 is 11.6 Å². The maximum absolute atomic E-state index is 14.0. The summed E-state index contributed by atoms with van der Waals surface area (Å²) in [6.07, 6.45) is 1.84. The smallest absolute Gasteiger partial charge is 0.251 e. The Morgan fingerprint density at radius 2 is 2.05 bits per heavy atom. The van der Waals surface area contributed by atoms with E-state index < -0.39 is 5.82 Å². The summed E-state index contributed by atoms with van der Waals surface area (Å²) >= 11 is 6.04. The van der Waals surface area contributed by atoms with Gasteiger partial charge in [-0.15, -0.1) is 0 Å². The van der Waals surface area contributed by atoms with Gasteiger partial charge in [0.1, 0.15) is 11.6 Å². The molecule has 0 radical (unpaired) electrons. The second kappa shape index (κ2) is 5.95. The van der Waals surface area contributed by atoms with Crippen molar-refractivity contribution in [1.82, 2.24) is 15.3 Å². The first kappa shape index (κ1) is 14.2. The molecule has 1 saturated heterocycles. The topological polar surface area (TPSA) is 57.8 Å². The fourth-order valence-electron chi connectivity index (χ4n) is 2.65. The van der Waals surface area contributed by atoms with Crippen LogP contribution in [0.15, 0.2) is 29.1 Å². The van der Waals surface area contributed by atoms with E-state index in [1.807, 2.05) is 0 Å². The zero-order valence-corrected chi connectivity index (χ0v) is 12.1. The molecule has 0 saturated carbocycles. The van der Waals surface area contributed by atoms with E-state index in [4.69, 9.17) is 11.6 Å². The Hall–Kier alpha value is -1.72. The average molecular weight is 308 g/mol. The van der Waals surface area contributed by atoms with Crippen molar-refractivity contribution in [3.63, 3.8) is 0 Å². The maximum atomic E-state index is 14.0. The van der Waals surface area contributed by atoms with Crippen molar-refractivity contribution >= 4 is 11.6 Å². The monoisotopic (exact) mass is 307 g/mol. The summed E-state index contributed by atoms with van der Waals surface area (Å²) in [5.74, 6) is -0.0786. The molecule has 21 heavy (non-hydrogen) atoms. The van der Waals surface area contributed by atoms with Crippen molar-refractivity contribution in [3.05, 3.63) is 51.2 Å². The standard InChI is InChI=1S/C15H15ClFN3O/c16-10-2-1-3-11(17)14(10)15-19-12(8-13(21)20-15)9-4-6-18-7-5-9/h1-3,8-9,18H,4-7H2,(H,19,20,21). The van der Waals surface area contributed by atoms with E-state index in [1.165, 1.54) is 18.2 Å². The summed E-state index contributed by atoms with van der Waals surface area (Å²) in [7, 11) is 0. The zero-order chi connectivity index (χ0) is 14.8. The van der Waals surface area contributed by atoms with Crippen molar-refractivity contribution in [2.45, 2.75) is 18.8 Å². The summed E-state index contributed by atoms with van der Waals surface area (Å²) in [4.78, 5) is 18.9. The molecule has 2 N–H and O–H groups in total. The lowest BCUT2D eigenvalue weighted by atomic mass is 9.94. The van der Waals surface area contributed by atoms with E-state index in [0.717, 1.165) is 25.9 Å². The summed E-state index contributed by atoms with van der Waals surface area (Å²) in [6.45, 7) is 1.80. The molecule has 1 fully saturated rings. The van der Waals surface area contributed by atoms with Gasteiger partial charge >= 0.3 is 0 Å². The highest BCUT2D eigenvalue weighted by atomic mass is 35.5. The first-order valence-corrected chi connectivity index (χ1v) is 7.29. The molecule has 6 heteroatoms. The third-order valence-corrected chi connectivity index (χ3v) is 4.03. The quantitative estimate of drug-likeness (QED) is 0.897. The first-order chi connectivity index (χ1) is 10.1. The number of nitrogens with zero attached hydrogens (tertiary/aromatic N) is 1. The number of hydrogen-bond acceptors (Lipinski definition) is 3. The molecule has 4 nitrogen and oxygen atoms in total. The van der Waals surface area contributed by atoms with Crippen LogP contribution in [0.4, 0.5) is 4.39 Å². The minimum atomic E-state index is -0.492. The van der Waals surface area contributed by atoms with E-state index in [1.54, 1.807) is 6.07 Å². The predicted molar refractivity (Wildman–Crippen MR) is 80.1 cm³/mol. The Morgan fingerprint density at radius 3 is 2.76 bits per heavy atom. The highest BCUT2D eigenvalue weighted by molar-refractivity contribution is 6.33. The highest BCUT2D eigenvalue weighted by Crippen LogP contribution is 2.29. The van der Waals surface area contributed by atoms with Crippen LogP contribution in [0, 0.1) is 5.82 Å². The summed E-state index contributed by atoms with van der Waals surface area (Å²) in [5.41, 5.74) is 0.564. The van der Waals surface area contributed by atoms with Gasteiger partial charge in [0, 0.05) is 12.0 Å². The predicted octanol–water partition coefficient (Wildman–Crippen LogP) is 2.70.